The third-order valence-corrected chi connectivity index (χ3v) is 3.24. The summed E-state index contributed by atoms with van der Waals surface area (Å²) in [6.07, 6.45) is 3.74. The van der Waals surface area contributed by atoms with Crippen molar-refractivity contribution in [3.8, 4) is 0 Å². The molecule has 16 heavy (non-hydrogen) atoms. The zero-order chi connectivity index (χ0) is 11.4. The number of hydrogen-bond acceptors (Lipinski definition) is 5. The van der Waals surface area contributed by atoms with Crippen molar-refractivity contribution >= 4 is 22.4 Å². The third kappa shape index (κ3) is 3.24. The van der Waals surface area contributed by atoms with E-state index in [1.165, 1.54) is 11.3 Å². The molecule has 2 rings (SSSR count). The number of ether oxygens (including phenoxy) is 1. The van der Waals surface area contributed by atoms with E-state index in [4.69, 9.17) is 4.74 Å². The van der Waals surface area contributed by atoms with Gasteiger partial charge in [0.25, 0.3) is 0 Å². The molecular weight excluding hydrogens is 226 g/mol. The van der Waals surface area contributed by atoms with Gasteiger partial charge in [-0.05, 0) is 26.2 Å². The summed E-state index contributed by atoms with van der Waals surface area (Å²) < 4.78 is 5.45. The van der Waals surface area contributed by atoms with Crippen LogP contribution in [-0.4, -0.2) is 28.8 Å². The fourth-order valence-electron chi connectivity index (χ4n) is 1.69. The fraction of sp³-hybridized carbons (Fsp3) is 0.700. The van der Waals surface area contributed by atoms with E-state index >= 15 is 0 Å². The molecule has 1 unspecified atom stereocenters. The average molecular weight is 241 g/mol. The lowest BCUT2D eigenvalue weighted by atomic mass is 10.1. The van der Waals surface area contributed by atoms with Crippen molar-refractivity contribution in [2.75, 3.05) is 11.9 Å². The number of carbonyl (C=O) groups is 1. The Morgan fingerprint density at radius 1 is 1.62 bits per heavy atom. The number of aromatic nitrogens is 2. The second kappa shape index (κ2) is 5.36. The van der Waals surface area contributed by atoms with Gasteiger partial charge >= 0.3 is 0 Å². The molecule has 1 fully saturated rings. The van der Waals surface area contributed by atoms with Gasteiger partial charge in [0.2, 0.25) is 11.0 Å². The van der Waals surface area contributed by atoms with Gasteiger partial charge in [0.1, 0.15) is 5.01 Å². The molecule has 88 valence electrons. The lowest BCUT2D eigenvalue weighted by Crippen LogP contribution is -2.15. The van der Waals surface area contributed by atoms with Crippen molar-refractivity contribution in [1.29, 1.82) is 0 Å². The normalized spacial score (nSPS) is 19.9. The van der Waals surface area contributed by atoms with E-state index in [0.29, 0.717) is 11.6 Å². The van der Waals surface area contributed by atoms with Crippen molar-refractivity contribution in [1.82, 2.24) is 10.2 Å². The first-order valence-corrected chi connectivity index (χ1v) is 6.27. The first-order chi connectivity index (χ1) is 7.74. The summed E-state index contributed by atoms with van der Waals surface area (Å²) in [5.41, 5.74) is 0. The molecule has 0 radical (unpaired) electrons. The maximum Gasteiger partial charge on any atom is 0.226 e. The lowest BCUT2D eigenvalue weighted by molar-refractivity contribution is -0.116. The van der Waals surface area contributed by atoms with Gasteiger partial charge in [0.05, 0.1) is 6.10 Å². The van der Waals surface area contributed by atoms with Crippen molar-refractivity contribution in [3.05, 3.63) is 5.01 Å². The predicted molar refractivity (Wildman–Crippen MR) is 61.5 cm³/mol. The summed E-state index contributed by atoms with van der Waals surface area (Å²) in [4.78, 5) is 11.6. The quantitative estimate of drug-likeness (QED) is 0.872. The predicted octanol–water partition coefficient (Wildman–Crippen LogP) is 1.74. The molecule has 0 bridgehead atoms. The molecule has 1 aliphatic heterocycles. The van der Waals surface area contributed by atoms with Crippen LogP contribution in [0.25, 0.3) is 0 Å². The third-order valence-electron chi connectivity index (χ3n) is 2.49. The van der Waals surface area contributed by atoms with Crippen molar-refractivity contribution in [2.45, 2.75) is 38.7 Å². The van der Waals surface area contributed by atoms with Crippen LogP contribution in [0, 0.1) is 6.92 Å². The highest BCUT2D eigenvalue weighted by atomic mass is 32.1. The SMILES string of the molecule is Cc1nnc(NC(=O)CCC2CCCO2)s1. The zero-order valence-corrected chi connectivity index (χ0v) is 10.0. The first kappa shape index (κ1) is 11.5. The van der Waals surface area contributed by atoms with Crippen LogP contribution in [0.1, 0.15) is 30.7 Å². The van der Waals surface area contributed by atoms with Crippen molar-refractivity contribution in [3.63, 3.8) is 0 Å². The van der Waals surface area contributed by atoms with E-state index in [9.17, 15) is 4.79 Å². The lowest BCUT2D eigenvalue weighted by Gasteiger charge is -2.07. The number of anilines is 1. The summed E-state index contributed by atoms with van der Waals surface area (Å²) in [6.45, 7) is 2.70. The van der Waals surface area contributed by atoms with E-state index in [1.54, 1.807) is 0 Å². The van der Waals surface area contributed by atoms with Crippen LogP contribution in [0.3, 0.4) is 0 Å². The summed E-state index contributed by atoms with van der Waals surface area (Å²) in [5.74, 6) is -0.00773. The molecule has 0 saturated carbocycles. The Morgan fingerprint density at radius 2 is 2.50 bits per heavy atom. The minimum Gasteiger partial charge on any atom is -0.378 e. The molecule has 1 saturated heterocycles. The van der Waals surface area contributed by atoms with Gasteiger partial charge in [-0.15, -0.1) is 10.2 Å². The highest BCUT2D eigenvalue weighted by Gasteiger charge is 2.17. The smallest absolute Gasteiger partial charge is 0.226 e. The highest BCUT2D eigenvalue weighted by Crippen LogP contribution is 2.18. The van der Waals surface area contributed by atoms with Gasteiger partial charge in [-0.3, -0.25) is 4.79 Å². The molecule has 1 amide bonds. The molecule has 0 spiro atoms. The Bertz CT molecular complexity index is 361. The van der Waals surface area contributed by atoms with E-state index in [2.05, 4.69) is 15.5 Å². The Kier molecular flexibility index (Phi) is 3.84. The monoisotopic (exact) mass is 241 g/mol. The second-order valence-electron chi connectivity index (χ2n) is 3.85. The maximum absolute atomic E-state index is 11.6. The minimum atomic E-state index is -0.00773. The van der Waals surface area contributed by atoms with E-state index in [-0.39, 0.29) is 12.0 Å². The summed E-state index contributed by atoms with van der Waals surface area (Å²) in [6, 6.07) is 0. The van der Waals surface area contributed by atoms with Crippen molar-refractivity contribution in [2.24, 2.45) is 0 Å². The Morgan fingerprint density at radius 3 is 3.12 bits per heavy atom. The molecule has 2 heterocycles. The van der Waals surface area contributed by atoms with Crippen LogP contribution in [-0.2, 0) is 9.53 Å². The molecule has 5 nitrogen and oxygen atoms in total. The topological polar surface area (TPSA) is 64.1 Å². The Hall–Kier alpha value is -1.01. The fourth-order valence-corrected chi connectivity index (χ4v) is 2.30. The molecule has 1 atom stereocenters. The van der Waals surface area contributed by atoms with Gasteiger partial charge in [0.15, 0.2) is 0 Å². The number of nitrogens with zero attached hydrogens (tertiary/aromatic N) is 2. The van der Waals surface area contributed by atoms with Crippen LogP contribution in [0.5, 0.6) is 0 Å². The molecule has 6 heteroatoms. The van der Waals surface area contributed by atoms with Gasteiger partial charge in [-0.25, -0.2) is 0 Å². The van der Waals surface area contributed by atoms with Crippen LogP contribution in [0.15, 0.2) is 0 Å². The number of carbonyl (C=O) groups excluding carboxylic acids is 1. The van der Waals surface area contributed by atoms with Crippen LogP contribution < -0.4 is 5.32 Å². The number of hydrogen-bond donors (Lipinski definition) is 1. The number of aryl methyl sites for hydroxylation is 1. The van der Waals surface area contributed by atoms with Gasteiger partial charge in [0, 0.05) is 13.0 Å². The Labute approximate surface area is 98.2 Å². The van der Waals surface area contributed by atoms with Crippen LogP contribution in [0.2, 0.25) is 0 Å². The summed E-state index contributed by atoms with van der Waals surface area (Å²) >= 11 is 1.39. The highest BCUT2D eigenvalue weighted by molar-refractivity contribution is 7.15. The molecule has 1 aromatic heterocycles. The minimum absolute atomic E-state index is 0.00773. The van der Waals surface area contributed by atoms with E-state index < -0.39 is 0 Å². The number of nitrogens with one attached hydrogen (secondary N) is 1. The van der Waals surface area contributed by atoms with Crippen molar-refractivity contribution < 1.29 is 9.53 Å². The maximum atomic E-state index is 11.6. The average Bonchev–Trinajstić information content (AvgIpc) is 2.87. The molecule has 1 N–H and O–H groups in total. The van der Waals surface area contributed by atoms with Gasteiger partial charge < -0.3 is 10.1 Å². The molecule has 0 aliphatic carbocycles. The summed E-state index contributed by atoms with van der Waals surface area (Å²) in [5, 5.41) is 11.8. The number of amides is 1. The standard InChI is InChI=1S/C10H15N3O2S/c1-7-12-13-10(16-7)11-9(14)5-4-8-3-2-6-15-8/h8H,2-6H2,1H3,(H,11,13,14). The van der Waals surface area contributed by atoms with Crippen LogP contribution >= 0.6 is 11.3 Å². The Balaban J connectivity index is 1.71. The second-order valence-corrected chi connectivity index (χ2v) is 5.03. The van der Waals surface area contributed by atoms with E-state index in [0.717, 1.165) is 30.9 Å². The summed E-state index contributed by atoms with van der Waals surface area (Å²) in [7, 11) is 0. The van der Waals surface area contributed by atoms with E-state index in [1.807, 2.05) is 6.92 Å². The first-order valence-electron chi connectivity index (χ1n) is 5.45. The number of rotatable bonds is 4. The molecular formula is C10H15N3O2S. The van der Waals surface area contributed by atoms with Gasteiger partial charge in [-0.2, -0.15) is 0 Å². The molecule has 1 aliphatic rings. The largest absolute Gasteiger partial charge is 0.378 e. The molecule has 0 aromatic carbocycles. The van der Waals surface area contributed by atoms with Crippen LogP contribution in [0.4, 0.5) is 5.13 Å². The van der Waals surface area contributed by atoms with Gasteiger partial charge in [-0.1, -0.05) is 11.3 Å². The molecule has 1 aromatic rings. The zero-order valence-electron chi connectivity index (χ0n) is 9.23.